The quantitative estimate of drug-likeness (QED) is 0.0428. The Kier molecular flexibility index (Phi) is 24.6. The molecule has 0 radical (unpaired) electrons. The maximum absolute atomic E-state index is 12.1. The monoisotopic (exact) mass is 563 g/mol. The number of aldehydes is 1. The summed E-state index contributed by atoms with van der Waals surface area (Å²) in [5, 5.41) is 0. The van der Waals surface area contributed by atoms with E-state index in [9.17, 15) is 23.8 Å². The molecule has 1 unspecified atom stereocenters. The third kappa shape index (κ3) is 24.7. The second-order valence-electron chi connectivity index (χ2n) is 9.22. The van der Waals surface area contributed by atoms with Crippen molar-refractivity contribution in [3.8, 4) is 0 Å². The summed E-state index contributed by atoms with van der Waals surface area (Å²) in [7, 11) is -4.39. The molecule has 38 heavy (non-hydrogen) atoms. The van der Waals surface area contributed by atoms with Gasteiger partial charge in [-0.3, -0.25) is 18.6 Å². The summed E-state index contributed by atoms with van der Waals surface area (Å²) in [6, 6.07) is 0. The first-order valence-electron chi connectivity index (χ1n) is 14.1. The molecule has 0 saturated carbocycles. The van der Waals surface area contributed by atoms with Crippen LogP contribution in [-0.2, 0) is 37.5 Å². The summed E-state index contributed by atoms with van der Waals surface area (Å²) in [5.41, 5.74) is 5.23. The zero-order valence-electron chi connectivity index (χ0n) is 23.2. The van der Waals surface area contributed by atoms with E-state index >= 15 is 0 Å². The first-order valence-corrected chi connectivity index (χ1v) is 15.6. The fraction of sp³-hybridized carbons (Fsp3) is 0.815. The molecule has 2 atom stereocenters. The molecule has 0 rings (SSSR count). The fourth-order valence-electron chi connectivity index (χ4n) is 3.52. The predicted octanol–water partition coefficient (Wildman–Crippen LogP) is 5.55. The van der Waals surface area contributed by atoms with Crippen LogP contribution in [0.25, 0.3) is 0 Å². The van der Waals surface area contributed by atoms with Crippen LogP contribution in [0.4, 0.5) is 0 Å². The molecule has 0 saturated heterocycles. The van der Waals surface area contributed by atoms with E-state index in [0.29, 0.717) is 12.7 Å². The van der Waals surface area contributed by atoms with Crippen LogP contribution in [0, 0.1) is 0 Å². The number of phosphoric ester groups is 1. The Morgan fingerprint density at radius 3 is 2.03 bits per heavy atom. The third-order valence-corrected chi connectivity index (χ3v) is 6.62. The molecular weight excluding hydrogens is 513 g/mol. The second-order valence-corrected chi connectivity index (χ2v) is 10.7. The second kappa shape index (κ2) is 25.7. The maximum atomic E-state index is 12.1. The molecule has 0 heterocycles. The highest BCUT2D eigenvalue weighted by molar-refractivity contribution is 7.47. The van der Waals surface area contributed by atoms with Crippen molar-refractivity contribution in [2.24, 2.45) is 5.73 Å². The minimum atomic E-state index is -4.39. The van der Waals surface area contributed by atoms with Gasteiger partial charge in [-0.05, 0) is 32.1 Å². The minimum absolute atomic E-state index is 0.0198. The summed E-state index contributed by atoms with van der Waals surface area (Å²) in [5.74, 6) is -1.17. The molecular formula is C27H50NO9P. The first-order chi connectivity index (χ1) is 18.3. The van der Waals surface area contributed by atoms with Crippen molar-refractivity contribution in [3.05, 3.63) is 12.2 Å². The Morgan fingerprint density at radius 1 is 0.816 bits per heavy atom. The summed E-state index contributed by atoms with van der Waals surface area (Å²) in [6.07, 6.45) is 19.1. The van der Waals surface area contributed by atoms with Gasteiger partial charge < -0.3 is 24.9 Å². The van der Waals surface area contributed by atoms with Crippen LogP contribution in [-0.4, -0.2) is 55.6 Å². The maximum Gasteiger partial charge on any atom is 0.472 e. The van der Waals surface area contributed by atoms with Gasteiger partial charge in [0.25, 0.3) is 0 Å². The Morgan fingerprint density at radius 2 is 1.42 bits per heavy atom. The van der Waals surface area contributed by atoms with E-state index in [1.807, 2.05) is 0 Å². The van der Waals surface area contributed by atoms with Crippen molar-refractivity contribution >= 4 is 26.0 Å². The normalized spacial score (nSPS) is 13.8. The number of allylic oxidation sites excluding steroid dienone is 2. The van der Waals surface area contributed by atoms with Crippen molar-refractivity contribution < 1.29 is 42.4 Å². The van der Waals surface area contributed by atoms with E-state index in [4.69, 9.17) is 19.7 Å². The number of rotatable bonds is 27. The summed E-state index contributed by atoms with van der Waals surface area (Å²) >= 11 is 0. The van der Waals surface area contributed by atoms with Crippen molar-refractivity contribution in [1.29, 1.82) is 0 Å². The standard InChI is InChI=1S/C27H50NO9P/c1-2-3-4-5-6-7-8-9-10-11-12-13-14-15-16-18-26(30)34-23-25(37-27(31)19-17-21-29)24-36-38(32,33)35-22-20-28/h9-10,21,25H,2-8,11-20,22-24,28H2,1H3,(H,32,33)/b10-9-/t25-/m1/s1. The topological polar surface area (TPSA) is 151 Å². The number of carbonyl (C=O) groups is 3. The number of hydrogen-bond donors (Lipinski definition) is 2. The average Bonchev–Trinajstić information content (AvgIpc) is 2.90. The van der Waals surface area contributed by atoms with E-state index in [-0.39, 0.29) is 39.0 Å². The van der Waals surface area contributed by atoms with Crippen LogP contribution >= 0.6 is 7.82 Å². The van der Waals surface area contributed by atoms with Gasteiger partial charge in [-0.15, -0.1) is 0 Å². The van der Waals surface area contributed by atoms with Gasteiger partial charge in [-0.2, -0.15) is 0 Å². The molecule has 3 N–H and O–H groups in total. The number of esters is 2. The molecule has 0 amide bonds. The minimum Gasteiger partial charge on any atom is -0.462 e. The van der Waals surface area contributed by atoms with Crippen LogP contribution in [0.3, 0.4) is 0 Å². The molecule has 222 valence electrons. The molecule has 0 bridgehead atoms. The summed E-state index contributed by atoms with van der Waals surface area (Å²) in [6.45, 7) is 1.20. The number of unbranched alkanes of at least 4 members (excludes halogenated alkanes) is 11. The number of carbonyl (C=O) groups excluding carboxylic acids is 3. The first kappa shape index (κ1) is 36.4. The van der Waals surface area contributed by atoms with E-state index < -0.39 is 32.5 Å². The van der Waals surface area contributed by atoms with Crippen LogP contribution in [0.1, 0.15) is 110 Å². The van der Waals surface area contributed by atoms with Gasteiger partial charge in [0.05, 0.1) is 19.6 Å². The van der Waals surface area contributed by atoms with Crippen molar-refractivity contribution in [2.75, 3.05) is 26.4 Å². The van der Waals surface area contributed by atoms with E-state index in [0.717, 1.165) is 32.1 Å². The van der Waals surface area contributed by atoms with Gasteiger partial charge in [0.15, 0.2) is 6.10 Å². The Labute approximate surface area is 228 Å². The number of phosphoric acid groups is 1. The van der Waals surface area contributed by atoms with Crippen LogP contribution in [0.5, 0.6) is 0 Å². The molecule has 0 aliphatic rings. The lowest BCUT2D eigenvalue weighted by Gasteiger charge is -2.19. The Balaban J connectivity index is 4.05. The zero-order chi connectivity index (χ0) is 28.3. The zero-order valence-corrected chi connectivity index (χ0v) is 24.1. The Hall–Kier alpha value is -1.58. The van der Waals surface area contributed by atoms with E-state index in [2.05, 4.69) is 23.6 Å². The SMILES string of the molecule is CCCCCCCC/C=C\CCCCCCCC(=O)OC[C@H](COP(=O)(O)OCCN)OC(=O)CCC=O. The lowest BCUT2D eigenvalue weighted by molar-refractivity contribution is -0.161. The van der Waals surface area contributed by atoms with Gasteiger partial charge in [0, 0.05) is 19.4 Å². The predicted molar refractivity (Wildman–Crippen MR) is 146 cm³/mol. The number of hydrogen-bond acceptors (Lipinski definition) is 9. The number of nitrogens with two attached hydrogens (primary N) is 1. The van der Waals surface area contributed by atoms with E-state index in [1.165, 1.54) is 44.9 Å². The lowest BCUT2D eigenvalue weighted by Crippen LogP contribution is -2.29. The van der Waals surface area contributed by atoms with Gasteiger partial charge >= 0.3 is 19.8 Å². The number of ether oxygens (including phenoxy) is 2. The summed E-state index contributed by atoms with van der Waals surface area (Å²) < 4.78 is 31.5. The molecule has 0 aromatic carbocycles. The van der Waals surface area contributed by atoms with Crippen molar-refractivity contribution in [2.45, 2.75) is 116 Å². The van der Waals surface area contributed by atoms with Crippen LogP contribution in [0.15, 0.2) is 12.2 Å². The van der Waals surface area contributed by atoms with Gasteiger partial charge in [-0.25, -0.2) is 4.57 Å². The molecule has 0 aliphatic carbocycles. The highest BCUT2D eigenvalue weighted by atomic mass is 31.2. The highest BCUT2D eigenvalue weighted by Crippen LogP contribution is 2.43. The molecule has 0 aromatic heterocycles. The molecule has 0 aromatic rings. The van der Waals surface area contributed by atoms with Crippen LogP contribution in [0.2, 0.25) is 0 Å². The van der Waals surface area contributed by atoms with Crippen molar-refractivity contribution in [1.82, 2.24) is 0 Å². The van der Waals surface area contributed by atoms with Gasteiger partial charge in [0.1, 0.15) is 12.9 Å². The fourth-order valence-corrected chi connectivity index (χ4v) is 4.28. The van der Waals surface area contributed by atoms with Crippen LogP contribution < -0.4 is 5.73 Å². The van der Waals surface area contributed by atoms with E-state index in [1.54, 1.807) is 0 Å². The largest absolute Gasteiger partial charge is 0.472 e. The summed E-state index contributed by atoms with van der Waals surface area (Å²) in [4.78, 5) is 44.0. The smallest absolute Gasteiger partial charge is 0.462 e. The molecule has 0 aliphatic heterocycles. The van der Waals surface area contributed by atoms with Gasteiger partial charge in [0.2, 0.25) is 0 Å². The van der Waals surface area contributed by atoms with Gasteiger partial charge in [-0.1, -0.05) is 70.4 Å². The Bertz CT molecular complexity index is 687. The van der Waals surface area contributed by atoms with Crippen molar-refractivity contribution in [3.63, 3.8) is 0 Å². The third-order valence-electron chi connectivity index (χ3n) is 5.63. The average molecular weight is 564 g/mol. The molecule has 11 heteroatoms. The lowest BCUT2D eigenvalue weighted by atomic mass is 10.1. The molecule has 0 spiro atoms. The molecule has 10 nitrogen and oxygen atoms in total. The highest BCUT2D eigenvalue weighted by Gasteiger charge is 2.25. The molecule has 0 fully saturated rings.